The predicted molar refractivity (Wildman–Crippen MR) is 73.7 cm³/mol. The van der Waals surface area contributed by atoms with Crippen LogP contribution in [0.1, 0.15) is 0 Å². The second-order valence-corrected chi connectivity index (χ2v) is 5.02. The lowest BCUT2D eigenvalue weighted by atomic mass is 10.1. The number of thioether (sulfide) groups is 1. The SMILES string of the molecule is CSc1cccc(-c2c(Cl)cccc2Cl)c1. The fourth-order valence-corrected chi connectivity index (χ4v) is 2.63. The minimum Gasteiger partial charge on any atom is -0.130 e. The van der Waals surface area contributed by atoms with Crippen LogP contribution in [-0.2, 0) is 0 Å². The van der Waals surface area contributed by atoms with Crippen LogP contribution in [0.3, 0.4) is 0 Å². The van der Waals surface area contributed by atoms with Gasteiger partial charge in [-0.1, -0.05) is 41.4 Å². The lowest BCUT2D eigenvalue weighted by Gasteiger charge is -2.08. The summed E-state index contributed by atoms with van der Waals surface area (Å²) in [6, 6.07) is 13.8. The van der Waals surface area contributed by atoms with Gasteiger partial charge in [0, 0.05) is 20.5 Å². The van der Waals surface area contributed by atoms with Crippen molar-refractivity contribution in [2.45, 2.75) is 4.90 Å². The lowest BCUT2D eigenvalue weighted by Crippen LogP contribution is -1.82. The Labute approximate surface area is 110 Å². The Morgan fingerprint density at radius 2 is 1.56 bits per heavy atom. The third kappa shape index (κ3) is 2.37. The molecule has 0 heterocycles. The van der Waals surface area contributed by atoms with Crippen LogP contribution in [0.5, 0.6) is 0 Å². The van der Waals surface area contributed by atoms with Crippen LogP contribution >= 0.6 is 35.0 Å². The summed E-state index contributed by atoms with van der Waals surface area (Å²) in [4.78, 5) is 1.20. The summed E-state index contributed by atoms with van der Waals surface area (Å²) in [6.45, 7) is 0. The van der Waals surface area contributed by atoms with Crippen LogP contribution in [0.2, 0.25) is 10.0 Å². The molecule has 0 spiro atoms. The molecule has 0 N–H and O–H groups in total. The van der Waals surface area contributed by atoms with E-state index in [1.807, 2.05) is 36.6 Å². The van der Waals surface area contributed by atoms with Crippen LogP contribution in [0.4, 0.5) is 0 Å². The summed E-state index contributed by atoms with van der Waals surface area (Å²) in [7, 11) is 0. The zero-order valence-electron chi connectivity index (χ0n) is 8.71. The van der Waals surface area contributed by atoms with Crippen LogP contribution < -0.4 is 0 Å². The molecule has 0 saturated heterocycles. The minimum absolute atomic E-state index is 0.686. The predicted octanol–water partition coefficient (Wildman–Crippen LogP) is 5.38. The molecule has 3 heteroatoms. The molecular weight excluding hydrogens is 259 g/mol. The van der Waals surface area contributed by atoms with Crippen LogP contribution in [0.25, 0.3) is 11.1 Å². The van der Waals surface area contributed by atoms with Gasteiger partial charge in [-0.05, 0) is 36.1 Å². The van der Waals surface area contributed by atoms with Crippen molar-refractivity contribution >= 4 is 35.0 Å². The van der Waals surface area contributed by atoms with Crippen molar-refractivity contribution in [3.63, 3.8) is 0 Å². The summed E-state index contributed by atoms with van der Waals surface area (Å²) in [5.41, 5.74) is 1.96. The summed E-state index contributed by atoms with van der Waals surface area (Å²) < 4.78 is 0. The van der Waals surface area contributed by atoms with Crippen molar-refractivity contribution in [1.29, 1.82) is 0 Å². The van der Waals surface area contributed by atoms with Gasteiger partial charge in [0.25, 0.3) is 0 Å². The topological polar surface area (TPSA) is 0 Å². The van der Waals surface area contributed by atoms with Gasteiger partial charge in [0.1, 0.15) is 0 Å². The van der Waals surface area contributed by atoms with Crippen LogP contribution in [-0.4, -0.2) is 6.26 Å². The fraction of sp³-hybridized carbons (Fsp3) is 0.0769. The van der Waals surface area contributed by atoms with Crippen molar-refractivity contribution in [2.75, 3.05) is 6.26 Å². The molecule has 0 fully saturated rings. The molecule has 2 aromatic carbocycles. The Morgan fingerprint density at radius 1 is 0.938 bits per heavy atom. The van der Waals surface area contributed by atoms with Gasteiger partial charge in [0.05, 0.1) is 0 Å². The molecule has 82 valence electrons. The first kappa shape index (κ1) is 11.8. The van der Waals surface area contributed by atoms with E-state index in [4.69, 9.17) is 23.2 Å². The number of hydrogen-bond acceptors (Lipinski definition) is 1. The van der Waals surface area contributed by atoms with E-state index in [1.165, 1.54) is 4.90 Å². The standard InChI is InChI=1S/C13H10Cl2S/c1-16-10-5-2-4-9(8-10)13-11(14)6-3-7-12(13)15/h2-8H,1H3. The van der Waals surface area contributed by atoms with Crippen molar-refractivity contribution in [3.8, 4) is 11.1 Å². The molecule has 2 rings (SSSR count). The first-order valence-electron chi connectivity index (χ1n) is 4.81. The Bertz CT molecular complexity index is 489. The number of benzene rings is 2. The van der Waals surface area contributed by atoms with E-state index in [0.29, 0.717) is 10.0 Å². The molecule has 0 atom stereocenters. The van der Waals surface area contributed by atoms with E-state index in [0.717, 1.165) is 11.1 Å². The smallest absolute Gasteiger partial charge is 0.0499 e. The summed E-state index contributed by atoms with van der Waals surface area (Å²) in [6.07, 6.45) is 2.05. The number of halogens is 2. The normalized spacial score (nSPS) is 10.4. The van der Waals surface area contributed by atoms with Gasteiger partial charge < -0.3 is 0 Å². The highest BCUT2D eigenvalue weighted by molar-refractivity contribution is 7.98. The lowest BCUT2D eigenvalue weighted by molar-refractivity contribution is 1.46. The summed E-state index contributed by atoms with van der Waals surface area (Å²) in [5.74, 6) is 0. The van der Waals surface area contributed by atoms with Crippen LogP contribution in [0.15, 0.2) is 47.4 Å². The molecule has 2 aromatic rings. The maximum Gasteiger partial charge on any atom is 0.0499 e. The molecule has 0 aliphatic heterocycles. The second kappa shape index (κ2) is 5.13. The van der Waals surface area contributed by atoms with E-state index in [2.05, 4.69) is 12.1 Å². The van der Waals surface area contributed by atoms with Gasteiger partial charge in [-0.3, -0.25) is 0 Å². The van der Waals surface area contributed by atoms with Gasteiger partial charge in [-0.25, -0.2) is 0 Å². The van der Waals surface area contributed by atoms with Gasteiger partial charge in [-0.2, -0.15) is 0 Å². The van der Waals surface area contributed by atoms with E-state index in [-0.39, 0.29) is 0 Å². The van der Waals surface area contributed by atoms with Crippen molar-refractivity contribution in [2.24, 2.45) is 0 Å². The second-order valence-electron chi connectivity index (χ2n) is 3.33. The summed E-state index contributed by atoms with van der Waals surface area (Å²) >= 11 is 14.0. The largest absolute Gasteiger partial charge is 0.130 e. The highest BCUT2D eigenvalue weighted by Crippen LogP contribution is 2.35. The average molecular weight is 269 g/mol. The third-order valence-electron chi connectivity index (χ3n) is 2.32. The van der Waals surface area contributed by atoms with E-state index in [9.17, 15) is 0 Å². The number of rotatable bonds is 2. The fourth-order valence-electron chi connectivity index (χ4n) is 1.55. The molecule has 0 aliphatic carbocycles. The average Bonchev–Trinajstić information content (AvgIpc) is 2.29. The first-order valence-corrected chi connectivity index (χ1v) is 6.79. The zero-order chi connectivity index (χ0) is 11.5. The monoisotopic (exact) mass is 268 g/mol. The maximum atomic E-state index is 6.17. The van der Waals surface area contributed by atoms with E-state index in [1.54, 1.807) is 11.8 Å². The maximum absolute atomic E-state index is 6.17. The minimum atomic E-state index is 0.686. The molecule has 0 bridgehead atoms. The Balaban J connectivity index is 2.58. The third-order valence-corrected chi connectivity index (χ3v) is 3.68. The quantitative estimate of drug-likeness (QED) is 0.659. The van der Waals surface area contributed by atoms with Gasteiger partial charge in [0.2, 0.25) is 0 Å². The zero-order valence-corrected chi connectivity index (χ0v) is 11.0. The van der Waals surface area contributed by atoms with Gasteiger partial charge >= 0.3 is 0 Å². The molecule has 0 radical (unpaired) electrons. The summed E-state index contributed by atoms with van der Waals surface area (Å²) in [5, 5.41) is 1.37. The number of hydrogen-bond donors (Lipinski definition) is 0. The Morgan fingerprint density at radius 3 is 2.19 bits per heavy atom. The Hall–Kier alpha value is -0.630. The van der Waals surface area contributed by atoms with Crippen LogP contribution in [0, 0.1) is 0 Å². The molecular formula is C13H10Cl2S. The van der Waals surface area contributed by atoms with Gasteiger partial charge in [0.15, 0.2) is 0 Å². The molecule has 16 heavy (non-hydrogen) atoms. The van der Waals surface area contributed by atoms with Crippen molar-refractivity contribution < 1.29 is 0 Å². The Kier molecular flexibility index (Phi) is 3.80. The van der Waals surface area contributed by atoms with E-state index < -0.39 is 0 Å². The molecule has 0 unspecified atom stereocenters. The molecule has 0 nitrogen and oxygen atoms in total. The molecule has 0 amide bonds. The van der Waals surface area contributed by atoms with Crippen molar-refractivity contribution in [3.05, 3.63) is 52.5 Å². The molecule has 0 saturated carbocycles. The van der Waals surface area contributed by atoms with Gasteiger partial charge in [-0.15, -0.1) is 11.8 Å². The van der Waals surface area contributed by atoms with Crippen molar-refractivity contribution in [1.82, 2.24) is 0 Å². The molecule has 0 aliphatic rings. The first-order chi connectivity index (χ1) is 7.72. The highest BCUT2D eigenvalue weighted by Gasteiger charge is 2.08. The highest BCUT2D eigenvalue weighted by atomic mass is 35.5. The van der Waals surface area contributed by atoms with E-state index >= 15 is 0 Å². The molecule has 0 aromatic heterocycles.